The molecule has 0 atom stereocenters. The van der Waals surface area contributed by atoms with E-state index in [0.717, 1.165) is 24.8 Å². The van der Waals surface area contributed by atoms with E-state index in [9.17, 15) is 4.39 Å². The Morgan fingerprint density at radius 2 is 1.48 bits per heavy atom. The Morgan fingerprint density at radius 1 is 0.800 bits per heavy atom. The smallest absolute Gasteiger partial charge is 0.123 e. The number of unbranched alkanes of at least 4 members (excludes halogenated alkanes) is 4. The van der Waals surface area contributed by atoms with Gasteiger partial charge in [0, 0.05) is 0 Å². The average molecular weight is 339 g/mol. The molecule has 0 saturated carbocycles. The molecular weight excluding hydrogens is 307 g/mol. The summed E-state index contributed by atoms with van der Waals surface area (Å²) in [5, 5.41) is 0. The quantitative estimate of drug-likeness (QED) is 0.370. The van der Waals surface area contributed by atoms with Gasteiger partial charge in [-0.25, -0.2) is 4.39 Å². The highest BCUT2D eigenvalue weighted by atomic mass is 19.1. The van der Waals surface area contributed by atoms with Crippen LogP contribution in [0, 0.1) is 5.82 Å². The SMILES string of the molecule is CCCCCCC/C(=C\c1ccc(F)cc1)CCCc1ccccc1. The highest BCUT2D eigenvalue weighted by molar-refractivity contribution is 5.52. The van der Waals surface area contributed by atoms with Crippen LogP contribution in [0.1, 0.15) is 69.4 Å². The van der Waals surface area contributed by atoms with Gasteiger partial charge in [0.2, 0.25) is 0 Å². The maximum Gasteiger partial charge on any atom is 0.123 e. The van der Waals surface area contributed by atoms with E-state index in [-0.39, 0.29) is 5.82 Å². The van der Waals surface area contributed by atoms with Gasteiger partial charge in [-0.05, 0) is 55.4 Å². The molecule has 0 unspecified atom stereocenters. The first-order valence-corrected chi connectivity index (χ1v) is 9.77. The van der Waals surface area contributed by atoms with E-state index >= 15 is 0 Å². The van der Waals surface area contributed by atoms with Crippen molar-refractivity contribution in [2.45, 2.75) is 64.7 Å². The van der Waals surface area contributed by atoms with E-state index < -0.39 is 0 Å². The Morgan fingerprint density at radius 3 is 2.20 bits per heavy atom. The van der Waals surface area contributed by atoms with Gasteiger partial charge < -0.3 is 0 Å². The van der Waals surface area contributed by atoms with Gasteiger partial charge in [-0.15, -0.1) is 0 Å². The predicted molar refractivity (Wildman–Crippen MR) is 107 cm³/mol. The third kappa shape index (κ3) is 8.16. The molecule has 2 aromatic rings. The van der Waals surface area contributed by atoms with Crippen LogP contribution in [-0.4, -0.2) is 0 Å². The molecule has 1 heteroatoms. The maximum absolute atomic E-state index is 13.1. The van der Waals surface area contributed by atoms with Gasteiger partial charge in [0.25, 0.3) is 0 Å². The minimum Gasteiger partial charge on any atom is -0.207 e. The number of allylic oxidation sites excluding steroid dienone is 1. The summed E-state index contributed by atoms with van der Waals surface area (Å²) < 4.78 is 13.1. The van der Waals surface area contributed by atoms with Crippen LogP contribution in [0.2, 0.25) is 0 Å². The van der Waals surface area contributed by atoms with Gasteiger partial charge in [-0.2, -0.15) is 0 Å². The second-order valence-electron chi connectivity index (χ2n) is 6.86. The van der Waals surface area contributed by atoms with Crippen LogP contribution in [0.25, 0.3) is 6.08 Å². The van der Waals surface area contributed by atoms with Gasteiger partial charge in [0.15, 0.2) is 0 Å². The van der Waals surface area contributed by atoms with E-state index in [0.29, 0.717) is 0 Å². The first-order valence-electron chi connectivity index (χ1n) is 9.77. The van der Waals surface area contributed by atoms with Crippen LogP contribution in [0.4, 0.5) is 4.39 Å². The molecule has 0 aliphatic carbocycles. The Labute approximate surface area is 152 Å². The lowest BCUT2D eigenvalue weighted by Crippen LogP contribution is -1.91. The van der Waals surface area contributed by atoms with Gasteiger partial charge in [-0.3, -0.25) is 0 Å². The average Bonchev–Trinajstić information content (AvgIpc) is 2.64. The number of rotatable bonds is 11. The Hall–Kier alpha value is -1.89. The first-order chi connectivity index (χ1) is 12.3. The first kappa shape index (κ1) is 19.4. The van der Waals surface area contributed by atoms with E-state index in [1.54, 1.807) is 12.1 Å². The predicted octanol–water partition coefficient (Wildman–Crippen LogP) is 7.59. The fraction of sp³-hybridized carbons (Fsp3) is 0.417. The molecule has 0 nitrogen and oxygen atoms in total. The molecule has 0 amide bonds. The maximum atomic E-state index is 13.1. The molecule has 2 aromatic carbocycles. The normalized spacial score (nSPS) is 11.7. The van der Waals surface area contributed by atoms with Crippen molar-refractivity contribution in [2.24, 2.45) is 0 Å². The van der Waals surface area contributed by atoms with Crippen molar-refractivity contribution in [3.05, 3.63) is 77.1 Å². The van der Waals surface area contributed by atoms with Crippen molar-refractivity contribution in [1.82, 2.24) is 0 Å². The number of aryl methyl sites for hydroxylation is 1. The molecule has 0 heterocycles. The Bertz CT molecular complexity index is 610. The zero-order valence-corrected chi connectivity index (χ0v) is 15.5. The minimum atomic E-state index is -0.164. The molecule has 0 saturated heterocycles. The third-order valence-electron chi connectivity index (χ3n) is 4.65. The number of hydrogen-bond donors (Lipinski definition) is 0. The highest BCUT2D eigenvalue weighted by Gasteiger charge is 2.01. The summed E-state index contributed by atoms with van der Waals surface area (Å²) in [5.41, 5.74) is 4.02. The summed E-state index contributed by atoms with van der Waals surface area (Å²) in [6.07, 6.45) is 13.4. The van der Waals surface area contributed by atoms with Crippen molar-refractivity contribution in [2.75, 3.05) is 0 Å². The van der Waals surface area contributed by atoms with E-state index in [2.05, 4.69) is 43.3 Å². The topological polar surface area (TPSA) is 0 Å². The lowest BCUT2D eigenvalue weighted by atomic mass is 9.97. The molecule has 0 aliphatic rings. The van der Waals surface area contributed by atoms with Crippen LogP contribution in [-0.2, 0) is 6.42 Å². The van der Waals surface area contributed by atoms with Crippen LogP contribution in [0.3, 0.4) is 0 Å². The van der Waals surface area contributed by atoms with Crippen molar-refractivity contribution in [3.8, 4) is 0 Å². The second-order valence-corrected chi connectivity index (χ2v) is 6.86. The number of benzene rings is 2. The molecule has 0 spiro atoms. The van der Waals surface area contributed by atoms with E-state index in [4.69, 9.17) is 0 Å². The zero-order chi connectivity index (χ0) is 17.7. The summed E-state index contributed by atoms with van der Waals surface area (Å²) >= 11 is 0. The fourth-order valence-corrected chi connectivity index (χ4v) is 3.18. The molecule has 0 aliphatic heterocycles. The lowest BCUT2D eigenvalue weighted by molar-refractivity contribution is 0.621. The molecule has 0 fully saturated rings. The largest absolute Gasteiger partial charge is 0.207 e. The Kier molecular flexibility index (Phi) is 9.04. The lowest BCUT2D eigenvalue weighted by Gasteiger charge is -2.09. The molecule has 2 rings (SSSR count). The molecule has 25 heavy (non-hydrogen) atoms. The molecule has 0 bridgehead atoms. The minimum absolute atomic E-state index is 0.164. The summed E-state index contributed by atoms with van der Waals surface area (Å²) in [4.78, 5) is 0. The van der Waals surface area contributed by atoms with E-state index in [1.807, 2.05) is 12.1 Å². The summed E-state index contributed by atoms with van der Waals surface area (Å²) in [6, 6.07) is 17.6. The number of halogens is 1. The van der Waals surface area contributed by atoms with E-state index in [1.165, 1.54) is 49.7 Å². The molecular formula is C24H31F. The van der Waals surface area contributed by atoms with Crippen molar-refractivity contribution < 1.29 is 4.39 Å². The molecule has 0 aromatic heterocycles. The van der Waals surface area contributed by atoms with Gasteiger partial charge >= 0.3 is 0 Å². The zero-order valence-electron chi connectivity index (χ0n) is 15.5. The summed E-state index contributed by atoms with van der Waals surface area (Å²) in [6.45, 7) is 2.25. The van der Waals surface area contributed by atoms with Crippen molar-refractivity contribution in [1.29, 1.82) is 0 Å². The monoisotopic (exact) mass is 338 g/mol. The molecule has 0 radical (unpaired) electrons. The van der Waals surface area contributed by atoms with Crippen LogP contribution in [0.5, 0.6) is 0 Å². The second kappa shape index (κ2) is 11.6. The van der Waals surface area contributed by atoms with Gasteiger partial charge in [0.1, 0.15) is 5.82 Å². The standard InChI is InChI=1S/C24H31F/c1-2-3-4-5-7-13-22(20-23-16-18-24(25)19-17-23)15-10-14-21-11-8-6-9-12-21/h6,8-9,11-12,16-20H,2-5,7,10,13-15H2,1H3/b22-20+. The Balaban J connectivity index is 1.89. The molecule has 0 N–H and O–H groups in total. The number of hydrogen-bond acceptors (Lipinski definition) is 0. The molecule has 134 valence electrons. The van der Waals surface area contributed by atoms with Crippen molar-refractivity contribution >= 4 is 6.08 Å². The van der Waals surface area contributed by atoms with Gasteiger partial charge in [0.05, 0.1) is 0 Å². The third-order valence-corrected chi connectivity index (χ3v) is 4.65. The van der Waals surface area contributed by atoms with Crippen LogP contribution < -0.4 is 0 Å². The van der Waals surface area contributed by atoms with Crippen molar-refractivity contribution in [3.63, 3.8) is 0 Å². The van der Waals surface area contributed by atoms with Gasteiger partial charge in [-0.1, -0.05) is 86.7 Å². The van der Waals surface area contributed by atoms with Crippen LogP contribution in [0.15, 0.2) is 60.2 Å². The van der Waals surface area contributed by atoms with Crippen LogP contribution >= 0.6 is 0 Å². The summed E-state index contributed by atoms with van der Waals surface area (Å²) in [5.74, 6) is -0.164. The highest BCUT2D eigenvalue weighted by Crippen LogP contribution is 2.20. The summed E-state index contributed by atoms with van der Waals surface area (Å²) in [7, 11) is 0. The fourth-order valence-electron chi connectivity index (χ4n) is 3.18.